The molecular weight excluding hydrogens is 474 g/mol. The Bertz CT molecular complexity index is 1290. The van der Waals surface area contributed by atoms with Crippen LogP contribution in [0.15, 0.2) is 77.7 Å². The Morgan fingerprint density at radius 1 is 0.941 bits per heavy atom. The number of rotatable bonds is 5. The highest BCUT2D eigenvalue weighted by Crippen LogP contribution is 2.37. The molecule has 2 aliphatic rings. The zero-order chi connectivity index (χ0) is 23.7. The van der Waals surface area contributed by atoms with Crippen molar-refractivity contribution in [3.05, 3.63) is 77.8 Å². The monoisotopic (exact) mass is 497 g/mol. The number of hydrogen-bond donors (Lipinski definition) is 1. The van der Waals surface area contributed by atoms with E-state index < -0.39 is 22.0 Å². The molecule has 3 aromatic rings. The van der Waals surface area contributed by atoms with Crippen LogP contribution in [0.5, 0.6) is 5.75 Å². The van der Waals surface area contributed by atoms with E-state index in [1.165, 1.54) is 41.4 Å². The van der Waals surface area contributed by atoms with E-state index in [1.54, 1.807) is 24.3 Å². The summed E-state index contributed by atoms with van der Waals surface area (Å²) >= 11 is 5.93. The van der Waals surface area contributed by atoms with Crippen LogP contribution < -0.4 is 19.3 Å². The molecule has 1 fully saturated rings. The van der Waals surface area contributed by atoms with Gasteiger partial charge >= 0.3 is 0 Å². The van der Waals surface area contributed by atoms with Crippen molar-refractivity contribution in [3.63, 3.8) is 0 Å². The lowest BCUT2D eigenvalue weighted by Gasteiger charge is -2.34. The SMILES string of the molecule is O=C(Nc1ccc(N2CCCC2)cc1)[C@H]1CN(S(=O)(=O)c2ccc(Cl)cc2)c2ccccc2O1. The molecule has 176 valence electrons. The largest absolute Gasteiger partial charge is 0.476 e. The molecule has 34 heavy (non-hydrogen) atoms. The fraction of sp³-hybridized carbons (Fsp3) is 0.240. The molecule has 3 aromatic carbocycles. The number of sulfonamides is 1. The van der Waals surface area contributed by atoms with E-state index in [9.17, 15) is 13.2 Å². The van der Waals surface area contributed by atoms with Crippen LogP contribution in [0.3, 0.4) is 0 Å². The molecule has 2 heterocycles. The third-order valence-electron chi connectivity index (χ3n) is 6.03. The van der Waals surface area contributed by atoms with Gasteiger partial charge in [-0.05, 0) is 73.5 Å². The predicted octanol–water partition coefficient (Wildman–Crippen LogP) is 4.54. The number of anilines is 3. The molecule has 2 aliphatic heterocycles. The van der Waals surface area contributed by atoms with Gasteiger partial charge in [0.05, 0.1) is 17.1 Å². The minimum absolute atomic E-state index is 0.0882. The molecule has 0 aliphatic carbocycles. The fourth-order valence-electron chi connectivity index (χ4n) is 4.25. The molecule has 1 saturated heterocycles. The van der Waals surface area contributed by atoms with Gasteiger partial charge in [0.25, 0.3) is 15.9 Å². The van der Waals surface area contributed by atoms with E-state index in [0.29, 0.717) is 22.1 Å². The van der Waals surface area contributed by atoms with Gasteiger partial charge in [-0.15, -0.1) is 0 Å². The van der Waals surface area contributed by atoms with Gasteiger partial charge in [-0.2, -0.15) is 0 Å². The highest BCUT2D eigenvalue weighted by molar-refractivity contribution is 7.92. The van der Waals surface area contributed by atoms with Crippen LogP contribution in [0, 0.1) is 0 Å². The standard InChI is InChI=1S/C25H24ClN3O4S/c26-18-7-13-21(14-8-18)34(31,32)29-17-24(33-23-6-2-1-5-22(23)29)25(30)27-19-9-11-20(12-10-19)28-15-3-4-16-28/h1-2,5-14,24H,3-4,15-17H2,(H,27,30)/t24-/m1/s1. The summed E-state index contributed by atoms with van der Waals surface area (Å²) in [6.45, 7) is 1.93. The summed E-state index contributed by atoms with van der Waals surface area (Å²) in [5, 5.41) is 3.30. The summed E-state index contributed by atoms with van der Waals surface area (Å²) in [7, 11) is -3.94. The quantitative estimate of drug-likeness (QED) is 0.560. The second-order valence-electron chi connectivity index (χ2n) is 8.29. The van der Waals surface area contributed by atoms with Crippen LogP contribution in [-0.2, 0) is 14.8 Å². The molecule has 0 spiro atoms. The van der Waals surface area contributed by atoms with Gasteiger partial charge in [-0.1, -0.05) is 23.7 Å². The molecule has 0 unspecified atom stereocenters. The van der Waals surface area contributed by atoms with E-state index in [2.05, 4.69) is 10.2 Å². The van der Waals surface area contributed by atoms with Gasteiger partial charge in [0, 0.05) is 29.5 Å². The molecule has 0 radical (unpaired) electrons. The zero-order valence-electron chi connectivity index (χ0n) is 18.4. The normalized spacial score (nSPS) is 17.7. The number of hydrogen-bond acceptors (Lipinski definition) is 5. The van der Waals surface area contributed by atoms with Crippen LogP contribution in [0.2, 0.25) is 5.02 Å². The van der Waals surface area contributed by atoms with Gasteiger partial charge < -0.3 is 15.0 Å². The van der Waals surface area contributed by atoms with Gasteiger partial charge in [0.1, 0.15) is 5.75 Å². The van der Waals surface area contributed by atoms with E-state index in [4.69, 9.17) is 16.3 Å². The average Bonchev–Trinajstić information content (AvgIpc) is 3.39. The highest BCUT2D eigenvalue weighted by Gasteiger charge is 2.37. The number of amides is 1. The Morgan fingerprint density at radius 3 is 2.32 bits per heavy atom. The van der Waals surface area contributed by atoms with Gasteiger partial charge in [-0.25, -0.2) is 8.42 Å². The first-order valence-electron chi connectivity index (χ1n) is 11.1. The highest BCUT2D eigenvalue weighted by atomic mass is 35.5. The van der Waals surface area contributed by atoms with Crippen molar-refractivity contribution in [2.24, 2.45) is 0 Å². The van der Waals surface area contributed by atoms with Crippen LogP contribution in [0.1, 0.15) is 12.8 Å². The van der Waals surface area contributed by atoms with Crippen molar-refractivity contribution in [3.8, 4) is 5.75 Å². The lowest BCUT2D eigenvalue weighted by molar-refractivity contribution is -0.122. The van der Waals surface area contributed by atoms with E-state index in [-0.39, 0.29) is 11.4 Å². The maximum Gasteiger partial charge on any atom is 0.267 e. The van der Waals surface area contributed by atoms with Gasteiger partial charge in [-0.3, -0.25) is 9.10 Å². The molecule has 9 heteroatoms. The van der Waals surface area contributed by atoms with Gasteiger partial charge in [0.2, 0.25) is 0 Å². The lowest BCUT2D eigenvalue weighted by atomic mass is 10.2. The number of carbonyl (C=O) groups is 1. The molecule has 1 atom stereocenters. The number of nitrogens with zero attached hydrogens (tertiary/aromatic N) is 2. The summed E-state index contributed by atoms with van der Waals surface area (Å²) in [6.07, 6.45) is 1.36. The maximum atomic E-state index is 13.4. The third-order valence-corrected chi connectivity index (χ3v) is 8.08. The number of fused-ring (bicyclic) bond motifs is 1. The fourth-order valence-corrected chi connectivity index (χ4v) is 5.86. The topological polar surface area (TPSA) is 79.0 Å². The summed E-state index contributed by atoms with van der Waals surface area (Å²) in [4.78, 5) is 15.5. The van der Waals surface area contributed by atoms with Crippen LogP contribution in [0.4, 0.5) is 17.1 Å². The van der Waals surface area contributed by atoms with Gasteiger partial charge in [0.15, 0.2) is 6.10 Å². The Hall–Kier alpha value is -3.23. The minimum atomic E-state index is -3.94. The van der Waals surface area contributed by atoms with Crippen molar-refractivity contribution in [1.82, 2.24) is 0 Å². The first-order valence-corrected chi connectivity index (χ1v) is 12.9. The molecule has 1 amide bonds. The van der Waals surface area contributed by atoms with Crippen molar-refractivity contribution in [2.75, 3.05) is 34.2 Å². The van der Waals surface area contributed by atoms with Crippen LogP contribution >= 0.6 is 11.6 Å². The first-order chi connectivity index (χ1) is 16.4. The summed E-state index contributed by atoms with van der Waals surface area (Å²) in [5.74, 6) is -0.0875. The van der Waals surface area contributed by atoms with Crippen molar-refractivity contribution >= 4 is 44.6 Å². The van der Waals surface area contributed by atoms with E-state index in [1.807, 2.05) is 24.3 Å². The third kappa shape index (κ3) is 4.43. The maximum absolute atomic E-state index is 13.4. The summed E-state index contributed by atoms with van der Waals surface area (Å²) < 4.78 is 34.0. The Labute approximate surface area is 203 Å². The summed E-state index contributed by atoms with van der Waals surface area (Å²) in [5.41, 5.74) is 2.14. The Balaban J connectivity index is 1.37. The number of benzene rings is 3. The summed E-state index contributed by atoms with van der Waals surface area (Å²) in [6, 6.07) is 20.4. The first kappa shape index (κ1) is 22.6. The minimum Gasteiger partial charge on any atom is -0.476 e. The van der Waals surface area contributed by atoms with Crippen LogP contribution in [0.25, 0.3) is 0 Å². The average molecular weight is 498 g/mol. The molecular formula is C25H24ClN3O4S. The van der Waals surface area contributed by atoms with Crippen molar-refractivity contribution in [1.29, 1.82) is 0 Å². The smallest absolute Gasteiger partial charge is 0.267 e. The van der Waals surface area contributed by atoms with Crippen molar-refractivity contribution < 1.29 is 17.9 Å². The van der Waals surface area contributed by atoms with Crippen molar-refractivity contribution in [2.45, 2.75) is 23.8 Å². The van der Waals surface area contributed by atoms with Crippen LogP contribution in [-0.4, -0.2) is 40.1 Å². The molecule has 0 saturated carbocycles. The van der Waals surface area contributed by atoms with E-state index in [0.717, 1.165) is 18.8 Å². The number of ether oxygens (including phenoxy) is 1. The Kier molecular flexibility index (Phi) is 6.10. The molecule has 5 rings (SSSR count). The lowest BCUT2D eigenvalue weighted by Crippen LogP contribution is -2.48. The van der Waals surface area contributed by atoms with E-state index >= 15 is 0 Å². The predicted molar refractivity (Wildman–Crippen MR) is 133 cm³/mol. The molecule has 1 N–H and O–H groups in total. The Morgan fingerprint density at radius 2 is 1.62 bits per heavy atom. The zero-order valence-corrected chi connectivity index (χ0v) is 19.9. The number of carbonyl (C=O) groups excluding carboxylic acids is 1. The number of para-hydroxylation sites is 2. The second kappa shape index (κ2) is 9.19. The molecule has 0 aromatic heterocycles. The second-order valence-corrected chi connectivity index (χ2v) is 10.6. The molecule has 0 bridgehead atoms. The molecule has 7 nitrogen and oxygen atoms in total. The number of nitrogens with one attached hydrogen (secondary N) is 1. The number of halogens is 1.